The maximum atomic E-state index is 13.4. The summed E-state index contributed by atoms with van der Waals surface area (Å²) in [7, 11) is 1.61. The number of aliphatic hydroxyl groups is 1. The van der Waals surface area contributed by atoms with Gasteiger partial charge in [-0.2, -0.15) is 0 Å². The molecule has 3 heterocycles. The van der Waals surface area contributed by atoms with Crippen molar-refractivity contribution in [1.29, 1.82) is 0 Å². The topological polar surface area (TPSA) is 89.0 Å². The number of carbonyl (C=O) groups excluding carboxylic acids is 2. The average Bonchev–Trinajstić information content (AvgIpc) is 3.60. The number of thiazole rings is 1. The van der Waals surface area contributed by atoms with Crippen molar-refractivity contribution in [1.82, 2.24) is 4.98 Å². The lowest BCUT2D eigenvalue weighted by Crippen LogP contribution is -2.28. The van der Waals surface area contributed by atoms with Crippen molar-refractivity contribution >= 4 is 55.5 Å². The Labute approximate surface area is 222 Å². The number of anilines is 1. The number of hydrogen-bond donors (Lipinski definition) is 1. The molecule has 0 radical (unpaired) electrons. The van der Waals surface area contributed by atoms with Crippen LogP contribution < -0.4 is 14.4 Å². The number of carbonyl (C=O) groups is 2. The van der Waals surface area contributed by atoms with E-state index in [1.807, 2.05) is 50.4 Å². The molecule has 4 aromatic rings. The molecular weight excluding hydrogens is 508 g/mol. The zero-order valence-corrected chi connectivity index (χ0v) is 22.5. The van der Waals surface area contributed by atoms with Crippen molar-refractivity contribution in [2.24, 2.45) is 5.92 Å². The molecule has 0 bridgehead atoms. The van der Waals surface area contributed by atoms with Gasteiger partial charge < -0.3 is 14.6 Å². The first-order chi connectivity index (χ1) is 17.8. The molecule has 1 N–H and O–H groups in total. The summed E-state index contributed by atoms with van der Waals surface area (Å²) in [6.45, 7) is 6.54. The third-order valence-electron chi connectivity index (χ3n) is 6.05. The van der Waals surface area contributed by atoms with Crippen molar-refractivity contribution in [2.45, 2.75) is 26.8 Å². The largest absolute Gasteiger partial charge is 0.507 e. The van der Waals surface area contributed by atoms with Crippen LogP contribution in [-0.4, -0.2) is 35.5 Å². The molecule has 9 heteroatoms. The van der Waals surface area contributed by atoms with Crippen molar-refractivity contribution < 1.29 is 24.2 Å². The molecular formula is C28H26N2O5S2. The van der Waals surface area contributed by atoms with Crippen molar-refractivity contribution in [3.63, 3.8) is 0 Å². The second-order valence-corrected chi connectivity index (χ2v) is 11.2. The third kappa shape index (κ3) is 4.60. The molecule has 190 valence electrons. The number of methoxy groups -OCH3 is 1. The molecule has 2 aromatic heterocycles. The number of Topliss-reactive ketones (excluding diaryl/α,β-unsaturated/α-hetero) is 1. The fraction of sp³-hybridized carbons (Fsp3) is 0.250. The highest BCUT2D eigenvalue weighted by atomic mass is 32.1. The maximum Gasteiger partial charge on any atom is 0.301 e. The minimum atomic E-state index is -0.802. The summed E-state index contributed by atoms with van der Waals surface area (Å²) in [5, 5.41) is 13.6. The van der Waals surface area contributed by atoms with Gasteiger partial charge in [-0.1, -0.05) is 43.4 Å². The summed E-state index contributed by atoms with van der Waals surface area (Å²) >= 11 is 2.71. The lowest BCUT2D eigenvalue weighted by molar-refractivity contribution is -0.132. The van der Waals surface area contributed by atoms with Gasteiger partial charge >= 0.3 is 5.91 Å². The van der Waals surface area contributed by atoms with Crippen molar-refractivity contribution in [2.75, 3.05) is 18.6 Å². The number of benzene rings is 2. The number of hydrogen-bond acceptors (Lipinski definition) is 8. The highest BCUT2D eigenvalue weighted by molar-refractivity contribution is 7.22. The lowest BCUT2D eigenvalue weighted by atomic mass is 10.00. The SMILES string of the molecule is COc1cc2sc(N3C(=O)C(=O)/C(=C(/O)c4cccc(OCC(C)C)c4)C3c3cccs3)nc2cc1C. The van der Waals surface area contributed by atoms with Gasteiger partial charge in [-0.05, 0) is 54.1 Å². The predicted molar refractivity (Wildman–Crippen MR) is 147 cm³/mol. The Morgan fingerprint density at radius 3 is 2.68 bits per heavy atom. The van der Waals surface area contributed by atoms with Crippen LogP contribution in [0.4, 0.5) is 5.13 Å². The van der Waals surface area contributed by atoms with Crippen LogP contribution in [0, 0.1) is 12.8 Å². The van der Waals surface area contributed by atoms with Crippen molar-refractivity contribution in [3.8, 4) is 11.5 Å². The van der Waals surface area contributed by atoms with Gasteiger partial charge in [-0.25, -0.2) is 4.98 Å². The summed E-state index contributed by atoms with van der Waals surface area (Å²) in [4.78, 5) is 33.7. The Bertz CT molecular complexity index is 1520. The normalized spacial score (nSPS) is 17.2. The molecule has 1 aliphatic heterocycles. The Morgan fingerprint density at radius 2 is 1.97 bits per heavy atom. The van der Waals surface area contributed by atoms with Gasteiger partial charge in [0.15, 0.2) is 5.13 Å². The fourth-order valence-corrected chi connectivity index (χ4v) is 6.09. The lowest BCUT2D eigenvalue weighted by Gasteiger charge is -2.21. The Kier molecular flexibility index (Phi) is 6.74. The van der Waals surface area contributed by atoms with Crippen LogP contribution in [0.3, 0.4) is 0 Å². The van der Waals surface area contributed by atoms with E-state index in [4.69, 9.17) is 14.5 Å². The van der Waals surface area contributed by atoms with Gasteiger partial charge in [-0.15, -0.1) is 11.3 Å². The smallest absolute Gasteiger partial charge is 0.301 e. The first-order valence-electron chi connectivity index (χ1n) is 11.8. The van der Waals surface area contributed by atoms with Crippen LogP contribution in [0.1, 0.15) is 35.9 Å². The van der Waals surface area contributed by atoms with Crippen molar-refractivity contribution in [3.05, 3.63) is 75.5 Å². The van der Waals surface area contributed by atoms with Crippen LogP contribution in [0.15, 0.2) is 59.5 Å². The summed E-state index contributed by atoms with van der Waals surface area (Å²) in [6.07, 6.45) is 0. The number of aliphatic hydroxyl groups excluding tert-OH is 1. The van der Waals surface area contributed by atoms with Gasteiger partial charge in [-0.3, -0.25) is 14.5 Å². The second-order valence-electron chi connectivity index (χ2n) is 9.20. The number of nitrogens with zero attached hydrogens (tertiary/aromatic N) is 2. The summed E-state index contributed by atoms with van der Waals surface area (Å²) in [6, 6.07) is 13.6. The molecule has 1 amide bonds. The van der Waals surface area contributed by atoms with Gasteiger partial charge in [0.25, 0.3) is 5.78 Å². The zero-order chi connectivity index (χ0) is 26.3. The monoisotopic (exact) mass is 534 g/mol. The van der Waals surface area contributed by atoms with Gasteiger partial charge in [0.1, 0.15) is 23.3 Å². The molecule has 1 fully saturated rings. The van der Waals surface area contributed by atoms with E-state index < -0.39 is 17.7 Å². The molecule has 0 aliphatic carbocycles. The summed E-state index contributed by atoms with van der Waals surface area (Å²) in [5.74, 6) is -0.0894. The molecule has 0 saturated carbocycles. The molecule has 1 atom stereocenters. The number of rotatable bonds is 7. The molecule has 5 rings (SSSR count). The van der Waals surface area contributed by atoms with Crippen LogP contribution in [0.5, 0.6) is 11.5 Å². The van der Waals surface area contributed by atoms with Gasteiger partial charge in [0, 0.05) is 10.4 Å². The fourth-order valence-electron chi connectivity index (χ4n) is 4.27. The molecule has 7 nitrogen and oxygen atoms in total. The number of fused-ring (bicyclic) bond motifs is 1. The first kappa shape index (κ1) is 25.0. The Balaban J connectivity index is 1.63. The van der Waals surface area contributed by atoms with Gasteiger partial charge in [0.05, 0.1) is 29.5 Å². The average molecular weight is 535 g/mol. The van der Waals surface area contributed by atoms with E-state index in [9.17, 15) is 14.7 Å². The van der Waals surface area contributed by atoms with E-state index in [1.165, 1.54) is 27.6 Å². The minimum Gasteiger partial charge on any atom is -0.507 e. The molecule has 1 unspecified atom stereocenters. The van der Waals surface area contributed by atoms with E-state index in [2.05, 4.69) is 0 Å². The number of amides is 1. The highest BCUT2D eigenvalue weighted by Crippen LogP contribution is 2.46. The standard InChI is InChI=1S/C28H26N2O5S2/c1-15(2)14-35-18-8-5-7-17(12-18)25(31)23-24(21-9-6-10-36-21)30(27(33)26(23)32)28-29-19-11-16(3)20(34-4)13-22(19)37-28/h5-13,15,24,31H,14H2,1-4H3/b25-23+. The molecule has 0 spiro atoms. The minimum absolute atomic E-state index is 0.0291. The Morgan fingerprint density at radius 1 is 1.16 bits per heavy atom. The van der Waals surface area contributed by atoms with E-state index >= 15 is 0 Å². The van der Waals surface area contributed by atoms with Crippen LogP contribution in [0.25, 0.3) is 16.0 Å². The number of ketones is 1. The number of aryl methyl sites for hydroxylation is 1. The molecule has 2 aromatic carbocycles. The second kappa shape index (κ2) is 9.99. The first-order valence-corrected chi connectivity index (χ1v) is 13.5. The predicted octanol–water partition coefficient (Wildman–Crippen LogP) is 6.34. The summed E-state index contributed by atoms with van der Waals surface area (Å²) < 4.78 is 12.1. The van der Waals surface area contributed by atoms with Crippen LogP contribution >= 0.6 is 22.7 Å². The molecule has 1 aliphatic rings. The Hall–Kier alpha value is -3.69. The number of thiophene rings is 1. The zero-order valence-electron chi connectivity index (χ0n) is 20.8. The van der Waals surface area contributed by atoms with E-state index in [-0.39, 0.29) is 11.3 Å². The summed E-state index contributed by atoms with van der Waals surface area (Å²) in [5.41, 5.74) is 2.07. The van der Waals surface area contributed by atoms with Crippen LogP contribution in [-0.2, 0) is 9.59 Å². The van der Waals surface area contributed by atoms with E-state index in [0.29, 0.717) is 34.5 Å². The maximum absolute atomic E-state index is 13.4. The quantitative estimate of drug-likeness (QED) is 0.169. The highest BCUT2D eigenvalue weighted by Gasteiger charge is 2.48. The number of ether oxygens (including phenoxy) is 2. The van der Waals surface area contributed by atoms with E-state index in [1.54, 1.807) is 31.4 Å². The van der Waals surface area contributed by atoms with Gasteiger partial charge in [0.2, 0.25) is 0 Å². The van der Waals surface area contributed by atoms with Crippen LogP contribution in [0.2, 0.25) is 0 Å². The molecule has 37 heavy (non-hydrogen) atoms. The third-order valence-corrected chi connectivity index (χ3v) is 7.99. The molecule has 1 saturated heterocycles. The number of aromatic nitrogens is 1. The van der Waals surface area contributed by atoms with E-state index in [0.717, 1.165) is 20.9 Å².